The normalized spacial score (nSPS) is 9.41. The molecule has 0 radical (unpaired) electrons. The van der Waals surface area contributed by atoms with Crippen LogP contribution in [0.1, 0.15) is 15.3 Å². The summed E-state index contributed by atoms with van der Waals surface area (Å²) in [5.74, 6) is 6.03. The van der Waals surface area contributed by atoms with E-state index in [1.54, 1.807) is 12.4 Å². The smallest absolute Gasteiger partial charge is 0.0834 e. The van der Waals surface area contributed by atoms with E-state index in [1.165, 1.54) is 17.6 Å². The minimum absolute atomic E-state index is 0. The lowest BCUT2D eigenvalue weighted by Crippen LogP contribution is -1.74. The van der Waals surface area contributed by atoms with Gasteiger partial charge in [0.15, 0.2) is 0 Å². The monoisotopic (exact) mass is 264 g/mol. The first-order valence-electron chi connectivity index (χ1n) is 4.58. The summed E-state index contributed by atoms with van der Waals surface area (Å²) in [6.07, 6.45) is 4.82. The molecule has 0 atom stereocenters. The predicted molar refractivity (Wildman–Crippen MR) is 71.2 cm³/mol. The molecule has 3 nitrogen and oxygen atoms in total. The first kappa shape index (κ1) is 13.2. The van der Waals surface area contributed by atoms with E-state index in [0.717, 1.165) is 15.3 Å². The largest absolute Gasteiger partial charge is 0.411 e. The molecule has 2 aromatic rings. The minimum Gasteiger partial charge on any atom is -0.411 e. The van der Waals surface area contributed by atoms with Gasteiger partial charge in [-0.15, -0.1) is 23.7 Å². The summed E-state index contributed by atoms with van der Waals surface area (Å²) in [6.45, 7) is 0. The summed E-state index contributed by atoms with van der Waals surface area (Å²) < 4.78 is 0. The van der Waals surface area contributed by atoms with Crippen molar-refractivity contribution in [3.63, 3.8) is 0 Å². The SMILES string of the molecule is Cl.ON=Cc1ccc(C#Cc2cccnc2)s1. The fraction of sp³-hybridized carbons (Fsp3) is 0. The van der Waals surface area contributed by atoms with Crippen LogP contribution < -0.4 is 0 Å². The maximum Gasteiger partial charge on any atom is 0.0834 e. The Morgan fingerprint density at radius 2 is 2.18 bits per heavy atom. The van der Waals surface area contributed by atoms with Crippen molar-refractivity contribution >= 4 is 30.0 Å². The highest BCUT2D eigenvalue weighted by molar-refractivity contribution is 7.14. The second-order valence-corrected chi connectivity index (χ2v) is 4.05. The average molecular weight is 265 g/mol. The standard InChI is InChI=1S/C12H8N2OS.ClH/c15-14-9-12-6-5-11(16-12)4-3-10-2-1-7-13-8-10;/h1-2,5-9,15H;1H. The Labute approximate surface area is 109 Å². The first-order valence-corrected chi connectivity index (χ1v) is 5.39. The van der Waals surface area contributed by atoms with Crippen molar-refractivity contribution in [3.05, 3.63) is 52.0 Å². The molecule has 0 aliphatic heterocycles. The Bertz CT molecular complexity index is 555. The zero-order valence-electron chi connectivity index (χ0n) is 8.70. The number of halogens is 1. The van der Waals surface area contributed by atoms with Crippen molar-refractivity contribution < 1.29 is 5.21 Å². The molecular weight excluding hydrogens is 256 g/mol. The average Bonchev–Trinajstić information content (AvgIpc) is 2.76. The lowest BCUT2D eigenvalue weighted by atomic mass is 10.3. The summed E-state index contributed by atoms with van der Waals surface area (Å²) in [6, 6.07) is 7.51. The fourth-order valence-corrected chi connectivity index (χ4v) is 1.84. The van der Waals surface area contributed by atoms with Gasteiger partial charge in [0.2, 0.25) is 0 Å². The van der Waals surface area contributed by atoms with Gasteiger partial charge in [-0.25, -0.2) is 0 Å². The zero-order valence-corrected chi connectivity index (χ0v) is 10.3. The lowest BCUT2D eigenvalue weighted by Gasteiger charge is -1.84. The molecule has 0 saturated heterocycles. The molecule has 2 rings (SSSR count). The van der Waals surface area contributed by atoms with Crippen molar-refractivity contribution in [2.24, 2.45) is 5.16 Å². The van der Waals surface area contributed by atoms with Gasteiger partial charge in [-0.05, 0) is 24.3 Å². The van der Waals surface area contributed by atoms with Crippen LogP contribution in [0.5, 0.6) is 0 Å². The van der Waals surface area contributed by atoms with E-state index in [2.05, 4.69) is 22.0 Å². The summed E-state index contributed by atoms with van der Waals surface area (Å²) in [4.78, 5) is 5.78. The third kappa shape index (κ3) is 3.91. The third-order valence-electron chi connectivity index (χ3n) is 1.80. The van der Waals surface area contributed by atoms with Gasteiger partial charge in [-0.1, -0.05) is 17.0 Å². The molecule has 0 aromatic carbocycles. The zero-order chi connectivity index (χ0) is 11.2. The molecule has 0 spiro atoms. The van der Waals surface area contributed by atoms with Crippen molar-refractivity contribution in [2.45, 2.75) is 0 Å². The molecule has 5 heteroatoms. The van der Waals surface area contributed by atoms with Gasteiger partial charge in [0.05, 0.1) is 11.1 Å². The van der Waals surface area contributed by atoms with Gasteiger partial charge in [-0.3, -0.25) is 4.98 Å². The number of nitrogens with zero attached hydrogens (tertiary/aromatic N) is 2. The number of thiophene rings is 1. The summed E-state index contributed by atoms with van der Waals surface area (Å²) in [5, 5.41) is 11.3. The molecule has 0 bridgehead atoms. The predicted octanol–water partition coefficient (Wildman–Crippen LogP) is 2.77. The summed E-state index contributed by atoms with van der Waals surface area (Å²) in [5.41, 5.74) is 0.883. The van der Waals surface area contributed by atoms with E-state index in [4.69, 9.17) is 5.21 Å². The number of hydrogen-bond donors (Lipinski definition) is 1. The highest BCUT2D eigenvalue weighted by atomic mass is 35.5. The van der Waals surface area contributed by atoms with E-state index in [9.17, 15) is 0 Å². The molecule has 17 heavy (non-hydrogen) atoms. The molecular formula is C12H9ClN2OS. The molecule has 0 aliphatic carbocycles. The quantitative estimate of drug-likeness (QED) is 0.373. The number of hydrogen-bond acceptors (Lipinski definition) is 4. The van der Waals surface area contributed by atoms with Gasteiger partial charge in [0.1, 0.15) is 0 Å². The molecule has 1 N–H and O–H groups in total. The molecule has 2 aromatic heterocycles. The second kappa shape index (κ2) is 6.69. The van der Waals surface area contributed by atoms with Crippen molar-refractivity contribution in [3.8, 4) is 11.8 Å². The Morgan fingerprint density at radius 1 is 1.29 bits per heavy atom. The van der Waals surface area contributed by atoms with Crippen molar-refractivity contribution in [1.29, 1.82) is 0 Å². The maximum atomic E-state index is 8.37. The van der Waals surface area contributed by atoms with Gasteiger partial charge < -0.3 is 5.21 Å². The van der Waals surface area contributed by atoms with Crippen LogP contribution in [0.2, 0.25) is 0 Å². The van der Waals surface area contributed by atoms with E-state index in [1.807, 2.05) is 24.3 Å². The van der Waals surface area contributed by atoms with E-state index >= 15 is 0 Å². The Hall–Kier alpha value is -1.83. The maximum absolute atomic E-state index is 8.37. The van der Waals surface area contributed by atoms with Crippen LogP contribution in [0.25, 0.3) is 0 Å². The second-order valence-electron chi connectivity index (χ2n) is 2.94. The summed E-state index contributed by atoms with van der Waals surface area (Å²) in [7, 11) is 0. The summed E-state index contributed by atoms with van der Waals surface area (Å²) >= 11 is 1.47. The number of oxime groups is 1. The number of aromatic nitrogens is 1. The molecule has 2 heterocycles. The van der Waals surface area contributed by atoms with Crippen molar-refractivity contribution in [2.75, 3.05) is 0 Å². The van der Waals surface area contributed by atoms with Crippen LogP contribution in [0.15, 0.2) is 41.8 Å². The molecule has 86 valence electrons. The van der Waals surface area contributed by atoms with E-state index in [0.29, 0.717) is 0 Å². The third-order valence-corrected chi connectivity index (χ3v) is 2.74. The molecule has 0 fully saturated rings. The van der Waals surface area contributed by atoms with Crippen LogP contribution in [-0.4, -0.2) is 16.4 Å². The Balaban J connectivity index is 0.00000144. The highest BCUT2D eigenvalue weighted by Gasteiger charge is 1.94. The van der Waals surface area contributed by atoms with E-state index in [-0.39, 0.29) is 12.4 Å². The van der Waals surface area contributed by atoms with Crippen molar-refractivity contribution in [1.82, 2.24) is 4.98 Å². The first-order chi connectivity index (χ1) is 7.88. The van der Waals surface area contributed by atoms with Gasteiger partial charge in [0.25, 0.3) is 0 Å². The van der Waals surface area contributed by atoms with Gasteiger partial charge in [-0.2, -0.15) is 0 Å². The molecule has 0 aliphatic rings. The highest BCUT2D eigenvalue weighted by Crippen LogP contribution is 2.13. The topological polar surface area (TPSA) is 45.5 Å². The minimum atomic E-state index is 0. The van der Waals surface area contributed by atoms with Crippen LogP contribution in [0.3, 0.4) is 0 Å². The molecule has 0 amide bonds. The van der Waals surface area contributed by atoms with Gasteiger partial charge >= 0.3 is 0 Å². The molecule has 0 saturated carbocycles. The van der Waals surface area contributed by atoms with Gasteiger partial charge in [0, 0.05) is 22.8 Å². The number of rotatable bonds is 1. The van der Waals surface area contributed by atoms with Crippen LogP contribution >= 0.6 is 23.7 Å². The van der Waals surface area contributed by atoms with Crippen LogP contribution in [0.4, 0.5) is 0 Å². The Morgan fingerprint density at radius 3 is 2.88 bits per heavy atom. The van der Waals surface area contributed by atoms with E-state index < -0.39 is 0 Å². The van der Waals surface area contributed by atoms with Crippen LogP contribution in [0, 0.1) is 11.8 Å². The Kier molecular flexibility index (Phi) is 5.21. The molecule has 0 unspecified atom stereocenters. The fourth-order valence-electron chi connectivity index (χ4n) is 1.12. The number of pyridine rings is 1. The lowest BCUT2D eigenvalue weighted by molar-refractivity contribution is 0.322. The van der Waals surface area contributed by atoms with Crippen LogP contribution in [-0.2, 0) is 0 Å².